The van der Waals surface area contributed by atoms with E-state index in [0.29, 0.717) is 24.1 Å². The molecule has 9 heteroatoms. The summed E-state index contributed by atoms with van der Waals surface area (Å²) < 4.78 is 31.9. The minimum absolute atomic E-state index is 0. The largest absolute Gasteiger partial charge is 0.336 e. The number of pyridine rings is 1. The minimum Gasteiger partial charge on any atom is -0.336 e. The summed E-state index contributed by atoms with van der Waals surface area (Å²) in [5, 5.41) is 7.74. The van der Waals surface area contributed by atoms with Gasteiger partial charge in [-0.05, 0) is 25.5 Å². The Morgan fingerprint density at radius 3 is 2.91 bits per heavy atom. The fraction of sp³-hybridized carbons (Fsp3) is 0.538. The minimum atomic E-state index is -3.56. The first-order valence-electron chi connectivity index (χ1n) is 6.97. The molecule has 0 aromatic carbocycles. The number of rotatable bonds is 4. The van der Waals surface area contributed by atoms with Crippen LogP contribution in [0, 0.1) is 0 Å². The molecule has 1 fully saturated rings. The van der Waals surface area contributed by atoms with Crippen LogP contribution < -0.4 is 5.32 Å². The van der Waals surface area contributed by atoms with Gasteiger partial charge in [-0.1, -0.05) is 12.1 Å². The van der Waals surface area contributed by atoms with Crippen molar-refractivity contribution in [3.63, 3.8) is 0 Å². The maximum absolute atomic E-state index is 12.7. The summed E-state index contributed by atoms with van der Waals surface area (Å²) >= 11 is 0. The molecule has 0 saturated carbocycles. The first-order valence-corrected chi connectivity index (χ1v) is 8.41. The topological polar surface area (TPSA) is 88.3 Å². The van der Waals surface area contributed by atoms with E-state index in [1.807, 2.05) is 6.92 Å². The lowest BCUT2D eigenvalue weighted by Crippen LogP contribution is -2.38. The molecule has 2 aromatic heterocycles. The second-order valence-electron chi connectivity index (χ2n) is 5.17. The molecule has 22 heavy (non-hydrogen) atoms. The molecule has 7 nitrogen and oxygen atoms in total. The summed E-state index contributed by atoms with van der Waals surface area (Å²) in [6.07, 6.45) is 2.82. The first-order chi connectivity index (χ1) is 10.0. The van der Waals surface area contributed by atoms with Gasteiger partial charge in [0.05, 0.1) is 17.3 Å². The molecule has 1 aliphatic rings. The Kier molecular flexibility index (Phi) is 5.06. The highest BCUT2D eigenvalue weighted by Gasteiger charge is 2.30. The lowest BCUT2D eigenvalue weighted by atomic mass is 10.2. The number of sulfonamides is 1. The van der Waals surface area contributed by atoms with E-state index < -0.39 is 10.0 Å². The molecular formula is C13H19ClN4O3S. The van der Waals surface area contributed by atoms with E-state index in [2.05, 4.69) is 15.5 Å². The van der Waals surface area contributed by atoms with Crippen LogP contribution in [0.5, 0.6) is 0 Å². The van der Waals surface area contributed by atoms with Crippen molar-refractivity contribution < 1.29 is 12.9 Å². The number of aryl methyl sites for hydroxylation is 1. The summed E-state index contributed by atoms with van der Waals surface area (Å²) in [6, 6.07) is 1.59. The lowest BCUT2D eigenvalue weighted by molar-refractivity contribution is 0.387. The second kappa shape index (κ2) is 6.49. The number of hydrogen-bond acceptors (Lipinski definition) is 6. The predicted molar refractivity (Wildman–Crippen MR) is 84.7 cm³/mol. The predicted octanol–water partition coefficient (Wildman–Crippen LogP) is 1.19. The van der Waals surface area contributed by atoms with Crippen molar-refractivity contribution in [2.24, 2.45) is 0 Å². The third-order valence-electron chi connectivity index (χ3n) is 3.94. The van der Waals surface area contributed by atoms with Gasteiger partial charge in [-0.25, -0.2) is 13.4 Å². The summed E-state index contributed by atoms with van der Waals surface area (Å²) in [6.45, 7) is 3.46. The van der Waals surface area contributed by atoms with Gasteiger partial charge >= 0.3 is 0 Å². The summed E-state index contributed by atoms with van der Waals surface area (Å²) in [5.41, 5.74) is 1.09. The normalized spacial score (nSPS) is 18.8. The van der Waals surface area contributed by atoms with Crippen molar-refractivity contribution in [2.45, 2.75) is 30.7 Å². The maximum Gasteiger partial charge on any atom is 0.258 e. The number of nitrogens with zero attached hydrogens (tertiary/aromatic N) is 3. The highest BCUT2D eigenvalue weighted by molar-refractivity contribution is 7.89. The van der Waals surface area contributed by atoms with Crippen molar-refractivity contribution in [1.82, 2.24) is 19.8 Å². The molecule has 3 heterocycles. The van der Waals surface area contributed by atoms with E-state index in [1.165, 1.54) is 10.5 Å². The van der Waals surface area contributed by atoms with E-state index in [9.17, 15) is 8.42 Å². The first kappa shape index (κ1) is 17.1. The van der Waals surface area contributed by atoms with Crippen LogP contribution in [0.3, 0.4) is 0 Å². The van der Waals surface area contributed by atoms with Crippen molar-refractivity contribution in [2.75, 3.05) is 20.1 Å². The summed E-state index contributed by atoms with van der Waals surface area (Å²) in [5.74, 6) is 0. The van der Waals surface area contributed by atoms with Crippen LogP contribution >= 0.6 is 12.4 Å². The molecule has 122 valence electrons. The SMILES string of the molecule is CCc1noc2ncc(S(=O)(=O)N(C)C3CCNC3)cc12.Cl. The van der Waals surface area contributed by atoms with Gasteiger partial charge in [0.2, 0.25) is 10.0 Å². The van der Waals surface area contributed by atoms with E-state index in [0.717, 1.165) is 18.7 Å². The number of nitrogens with one attached hydrogen (secondary N) is 1. The summed E-state index contributed by atoms with van der Waals surface area (Å²) in [4.78, 5) is 4.26. The Balaban J connectivity index is 0.00000176. The van der Waals surface area contributed by atoms with Crippen molar-refractivity contribution in [3.8, 4) is 0 Å². The van der Waals surface area contributed by atoms with Crippen LogP contribution in [0.4, 0.5) is 0 Å². The van der Waals surface area contributed by atoms with Crippen LogP contribution in [0.2, 0.25) is 0 Å². The second-order valence-corrected chi connectivity index (χ2v) is 7.17. The van der Waals surface area contributed by atoms with E-state index >= 15 is 0 Å². The Labute approximate surface area is 135 Å². The molecular weight excluding hydrogens is 328 g/mol. The Bertz CT molecular complexity index is 756. The van der Waals surface area contributed by atoms with Crippen LogP contribution in [-0.2, 0) is 16.4 Å². The molecule has 1 N–H and O–H groups in total. The van der Waals surface area contributed by atoms with Crippen LogP contribution in [0.1, 0.15) is 19.0 Å². The average molecular weight is 347 g/mol. The molecule has 3 rings (SSSR count). The van der Waals surface area contributed by atoms with Crippen LogP contribution in [0.25, 0.3) is 11.1 Å². The van der Waals surface area contributed by atoms with Gasteiger partial charge in [0.25, 0.3) is 5.71 Å². The van der Waals surface area contributed by atoms with Gasteiger partial charge in [-0.3, -0.25) is 0 Å². The quantitative estimate of drug-likeness (QED) is 0.894. The zero-order chi connectivity index (χ0) is 15.0. The molecule has 1 atom stereocenters. The van der Waals surface area contributed by atoms with Gasteiger partial charge < -0.3 is 9.84 Å². The smallest absolute Gasteiger partial charge is 0.258 e. The van der Waals surface area contributed by atoms with Crippen molar-refractivity contribution >= 4 is 33.5 Å². The number of hydrogen-bond donors (Lipinski definition) is 1. The maximum atomic E-state index is 12.7. The monoisotopic (exact) mass is 346 g/mol. The number of aromatic nitrogens is 2. The van der Waals surface area contributed by atoms with Gasteiger partial charge in [0.1, 0.15) is 4.90 Å². The van der Waals surface area contributed by atoms with E-state index in [4.69, 9.17) is 4.52 Å². The molecule has 1 saturated heterocycles. The molecule has 0 spiro atoms. The third kappa shape index (κ3) is 2.83. The number of likely N-dealkylation sites (N-methyl/N-ethyl adjacent to an activating group) is 1. The standard InChI is InChI=1S/C13H18N4O3S.ClH/c1-3-12-11-6-10(8-15-13(11)20-16-12)21(18,19)17(2)9-4-5-14-7-9;/h6,8-9,14H,3-5,7H2,1-2H3;1H. The van der Waals surface area contributed by atoms with E-state index in [-0.39, 0.29) is 23.3 Å². The molecule has 0 bridgehead atoms. The molecule has 2 aromatic rings. The van der Waals surface area contributed by atoms with Gasteiger partial charge in [-0.15, -0.1) is 12.4 Å². The van der Waals surface area contributed by atoms with Crippen LogP contribution in [-0.4, -0.2) is 49.0 Å². The number of fused-ring (bicyclic) bond motifs is 1. The van der Waals surface area contributed by atoms with E-state index in [1.54, 1.807) is 13.1 Å². The molecule has 0 aliphatic carbocycles. The van der Waals surface area contributed by atoms with Crippen molar-refractivity contribution in [3.05, 3.63) is 18.0 Å². The molecule has 1 unspecified atom stereocenters. The highest BCUT2D eigenvalue weighted by Crippen LogP contribution is 2.24. The fourth-order valence-electron chi connectivity index (χ4n) is 2.57. The number of halogens is 1. The highest BCUT2D eigenvalue weighted by atomic mass is 35.5. The zero-order valence-electron chi connectivity index (χ0n) is 12.4. The van der Waals surface area contributed by atoms with Crippen molar-refractivity contribution in [1.29, 1.82) is 0 Å². The van der Waals surface area contributed by atoms with Gasteiger partial charge in [0, 0.05) is 19.6 Å². The third-order valence-corrected chi connectivity index (χ3v) is 5.82. The summed E-state index contributed by atoms with van der Waals surface area (Å²) in [7, 11) is -1.94. The Morgan fingerprint density at radius 1 is 1.50 bits per heavy atom. The zero-order valence-corrected chi connectivity index (χ0v) is 14.1. The molecule has 1 aliphatic heterocycles. The Hall–Kier alpha value is -1.22. The van der Waals surface area contributed by atoms with Gasteiger partial charge in [-0.2, -0.15) is 4.31 Å². The van der Waals surface area contributed by atoms with Gasteiger partial charge in [0.15, 0.2) is 0 Å². The van der Waals surface area contributed by atoms with Crippen LogP contribution in [0.15, 0.2) is 21.7 Å². The average Bonchev–Trinajstić information content (AvgIpc) is 3.14. The Morgan fingerprint density at radius 2 is 2.27 bits per heavy atom. The fourth-order valence-corrected chi connectivity index (χ4v) is 3.93. The molecule has 0 amide bonds. The molecule has 0 radical (unpaired) electrons. The lowest BCUT2D eigenvalue weighted by Gasteiger charge is -2.22.